The number of piperazine rings is 1. The highest BCUT2D eigenvalue weighted by atomic mass is 31.2. The van der Waals surface area contributed by atoms with Crippen molar-refractivity contribution in [3.05, 3.63) is 12.2 Å². The van der Waals surface area contributed by atoms with Gasteiger partial charge in [-0.15, -0.1) is 0 Å². The molecule has 1 saturated heterocycles. The van der Waals surface area contributed by atoms with Crippen LogP contribution >= 0.6 is 7.60 Å². The molecule has 2 amide bonds. The van der Waals surface area contributed by atoms with E-state index in [4.69, 9.17) is 13.8 Å². The maximum Gasteiger partial charge on any atom is 0.409 e. The van der Waals surface area contributed by atoms with Crippen LogP contribution in [0.1, 0.15) is 27.7 Å². The average Bonchev–Trinajstić information content (AvgIpc) is 2.60. The van der Waals surface area contributed by atoms with Gasteiger partial charge in [0, 0.05) is 26.2 Å². The predicted molar refractivity (Wildman–Crippen MR) is 99.2 cm³/mol. The van der Waals surface area contributed by atoms with Gasteiger partial charge in [-0.1, -0.05) is 19.9 Å². The largest absolute Gasteiger partial charge is 0.449 e. The van der Waals surface area contributed by atoms with Gasteiger partial charge in [-0.2, -0.15) is 0 Å². The lowest BCUT2D eigenvalue weighted by Crippen LogP contribution is -2.50. The Morgan fingerprint density at radius 3 is 2.08 bits per heavy atom. The SMILES string of the molecule is CCOP(=O)(C/C=C/C(=O)N1CCN(C(=O)OCC(C)C)CC1)OCC. The molecule has 1 fully saturated rings. The van der Waals surface area contributed by atoms with Gasteiger partial charge in [0.05, 0.1) is 26.0 Å². The fourth-order valence-corrected chi connectivity index (χ4v) is 3.80. The van der Waals surface area contributed by atoms with Gasteiger partial charge in [-0.05, 0) is 25.8 Å². The molecule has 1 heterocycles. The lowest BCUT2D eigenvalue weighted by atomic mass is 10.2. The second-order valence-corrected chi connectivity index (χ2v) is 8.42. The molecular formula is C17H31N2O6P. The normalized spacial score (nSPS) is 15.7. The Bertz CT molecular complexity index is 519. The molecule has 26 heavy (non-hydrogen) atoms. The lowest BCUT2D eigenvalue weighted by Gasteiger charge is -2.33. The van der Waals surface area contributed by atoms with Gasteiger partial charge in [0.1, 0.15) is 0 Å². The quantitative estimate of drug-likeness (QED) is 0.445. The maximum absolute atomic E-state index is 12.3. The van der Waals surface area contributed by atoms with Crippen LogP contribution in [0, 0.1) is 5.92 Å². The summed E-state index contributed by atoms with van der Waals surface area (Å²) in [7, 11) is -3.18. The molecule has 0 bridgehead atoms. The van der Waals surface area contributed by atoms with Crippen LogP contribution in [-0.4, -0.2) is 74.0 Å². The number of hydrogen-bond acceptors (Lipinski definition) is 6. The molecule has 1 aliphatic heterocycles. The Labute approximate surface area is 156 Å². The molecule has 0 aliphatic carbocycles. The highest BCUT2D eigenvalue weighted by Crippen LogP contribution is 2.47. The van der Waals surface area contributed by atoms with E-state index in [1.54, 1.807) is 23.6 Å². The van der Waals surface area contributed by atoms with Crippen molar-refractivity contribution in [1.82, 2.24) is 9.80 Å². The van der Waals surface area contributed by atoms with Crippen LogP contribution in [-0.2, 0) is 23.1 Å². The van der Waals surface area contributed by atoms with Crippen LogP contribution in [0.3, 0.4) is 0 Å². The van der Waals surface area contributed by atoms with E-state index in [2.05, 4.69) is 0 Å². The van der Waals surface area contributed by atoms with E-state index in [0.717, 1.165) is 0 Å². The van der Waals surface area contributed by atoms with Gasteiger partial charge in [-0.25, -0.2) is 4.79 Å². The number of amides is 2. The van der Waals surface area contributed by atoms with Crippen molar-refractivity contribution in [2.75, 3.05) is 52.2 Å². The third-order valence-corrected chi connectivity index (χ3v) is 5.59. The first kappa shape index (κ1) is 22.7. The molecule has 150 valence electrons. The van der Waals surface area contributed by atoms with Gasteiger partial charge in [0.2, 0.25) is 5.91 Å². The highest BCUT2D eigenvalue weighted by molar-refractivity contribution is 7.54. The summed E-state index contributed by atoms with van der Waals surface area (Å²) in [4.78, 5) is 27.4. The summed E-state index contributed by atoms with van der Waals surface area (Å²) in [6.07, 6.45) is 2.63. The van der Waals surface area contributed by atoms with E-state index in [1.165, 1.54) is 12.2 Å². The number of carbonyl (C=O) groups excluding carboxylic acids is 2. The van der Waals surface area contributed by atoms with Gasteiger partial charge < -0.3 is 23.6 Å². The zero-order valence-electron chi connectivity index (χ0n) is 16.2. The van der Waals surface area contributed by atoms with E-state index in [1.807, 2.05) is 13.8 Å². The third kappa shape index (κ3) is 7.89. The zero-order valence-corrected chi connectivity index (χ0v) is 17.1. The van der Waals surface area contributed by atoms with Gasteiger partial charge >= 0.3 is 13.7 Å². The summed E-state index contributed by atoms with van der Waals surface area (Å²) in [5.41, 5.74) is 0. The minimum atomic E-state index is -3.18. The summed E-state index contributed by atoms with van der Waals surface area (Å²) in [5.74, 6) is 0.107. The number of ether oxygens (including phenoxy) is 1. The molecule has 1 aliphatic rings. The van der Waals surface area contributed by atoms with E-state index in [9.17, 15) is 14.2 Å². The van der Waals surface area contributed by atoms with Gasteiger partial charge in [0.15, 0.2) is 0 Å². The molecule has 0 aromatic heterocycles. The first-order chi connectivity index (χ1) is 12.3. The van der Waals surface area contributed by atoms with Crippen molar-refractivity contribution in [3.8, 4) is 0 Å². The van der Waals surface area contributed by atoms with Gasteiger partial charge in [0.25, 0.3) is 0 Å². The topological polar surface area (TPSA) is 85.4 Å². The van der Waals surface area contributed by atoms with Crippen molar-refractivity contribution in [1.29, 1.82) is 0 Å². The zero-order chi connectivity index (χ0) is 19.6. The summed E-state index contributed by atoms with van der Waals surface area (Å²) in [6, 6.07) is 0. The van der Waals surface area contributed by atoms with Crippen molar-refractivity contribution < 1.29 is 27.9 Å². The van der Waals surface area contributed by atoms with E-state index in [0.29, 0.717) is 32.8 Å². The second kappa shape index (κ2) is 11.4. The van der Waals surface area contributed by atoms with Crippen LogP contribution in [0.25, 0.3) is 0 Å². The van der Waals surface area contributed by atoms with Crippen LogP contribution in [0.4, 0.5) is 4.79 Å². The maximum atomic E-state index is 12.3. The van der Waals surface area contributed by atoms with E-state index in [-0.39, 0.29) is 37.3 Å². The summed E-state index contributed by atoms with van der Waals surface area (Å²) >= 11 is 0. The van der Waals surface area contributed by atoms with Crippen molar-refractivity contribution >= 4 is 19.6 Å². The van der Waals surface area contributed by atoms with Crippen LogP contribution < -0.4 is 0 Å². The molecule has 8 nitrogen and oxygen atoms in total. The molecule has 0 saturated carbocycles. The molecule has 0 atom stereocenters. The predicted octanol–water partition coefficient (Wildman–Crippen LogP) is 2.75. The van der Waals surface area contributed by atoms with E-state index < -0.39 is 7.60 Å². The Hall–Kier alpha value is -1.37. The minimum Gasteiger partial charge on any atom is -0.449 e. The second-order valence-electron chi connectivity index (χ2n) is 6.31. The van der Waals surface area contributed by atoms with Gasteiger partial charge in [-0.3, -0.25) is 9.36 Å². The highest BCUT2D eigenvalue weighted by Gasteiger charge is 2.25. The fourth-order valence-electron chi connectivity index (χ4n) is 2.36. The first-order valence-electron chi connectivity index (χ1n) is 9.06. The van der Waals surface area contributed by atoms with E-state index >= 15 is 0 Å². The smallest absolute Gasteiger partial charge is 0.409 e. The molecule has 0 spiro atoms. The molecule has 0 aromatic rings. The van der Waals surface area contributed by atoms with Crippen molar-refractivity contribution in [3.63, 3.8) is 0 Å². The summed E-state index contributed by atoms with van der Waals surface area (Å²) in [5, 5.41) is 0. The lowest BCUT2D eigenvalue weighted by molar-refractivity contribution is -0.127. The van der Waals surface area contributed by atoms with Crippen LogP contribution in [0.5, 0.6) is 0 Å². The Balaban J connectivity index is 2.43. The van der Waals surface area contributed by atoms with Crippen LogP contribution in [0.2, 0.25) is 0 Å². The monoisotopic (exact) mass is 390 g/mol. The molecule has 1 rings (SSSR count). The summed E-state index contributed by atoms with van der Waals surface area (Å²) < 4.78 is 27.9. The number of rotatable bonds is 9. The van der Waals surface area contributed by atoms with Crippen molar-refractivity contribution in [2.45, 2.75) is 27.7 Å². The molecule has 0 unspecified atom stereocenters. The minimum absolute atomic E-state index is 0.0575. The molecule has 0 aromatic carbocycles. The van der Waals surface area contributed by atoms with Crippen molar-refractivity contribution in [2.24, 2.45) is 5.92 Å². The molecule has 0 N–H and O–H groups in total. The number of hydrogen-bond donors (Lipinski definition) is 0. The molecule has 0 radical (unpaired) electrons. The molecular weight excluding hydrogens is 359 g/mol. The first-order valence-corrected chi connectivity index (χ1v) is 10.8. The fraction of sp³-hybridized carbons (Fsp3) is 0.765. The standard InChI is InChI=1S/C17H31N2O6P/c1-5-24-26(22,25-6-2)13-7-8-16(20)18-9-11-19(12-10-18)17(21)23-14-15(3)4/h7-8,15H,5-6,9-14H2,1-4H3/b8-7+. The third-order valence-electron chi connectivity index (χ3n) is 3.63. The Morgan fingerprint density at radius 1 is 1.04 bits per heavy atom. The average molecular weight is 390 g/mol. The number of carbonyl (C=O) groups is 2. The Morgan fingerprint density at radius 2 is 1.58 bits per heavy atom. The summed E-state index contributed by atoms with van der Waals surface area (Å²) in [6.45, 7) is 10.2. The van der Waals surface area contributed by atoms with Crippen LogP contribution in [0.15, 0.2) is 12.2 Å². The molecule has 9 heteroatoms. The number of nitrogens with zero attached hydrogens (tertiary/aromatic N) is 2. The Kier molecular flexibility index (Phi) is 9.91. The number of allylic oxidation sites excluding steroid dienone is 1.